The number of likely N-dealkylation sites (N-methyl/N-ethyl adjacent to an activating group) is 1. The van der Waals surface area contributed by atoms with Crippen molar-refractivity contribution in [1.82, 2.24) is 10.2 Å². The number of carbonyl (C=O) groups excluding carboxylic acids is 2. The Labute approximate surface area is 137 Å². The number of amides is 2. The van der Waals surface area contributed by atoms with E-state index in [2.05, 4.69) is 16.7 Å². The third kappa shape index (κ3) is 6.49. The first-order chi connectivity index (χ1) is 11.0. The molecule has 0 aromatic heterocycles. The predicted molar refractivity (Wildman–Crippen MR) is 90.0 cm³/mol. The molecular formula is C17H24N4O2. The minimum absolute atomic E-state index is 0.121. The quantitative estimate of drug-likeness (QED) is 0.766. The minimum Gasteiger partial charge on any atom is -0.352 e. The van der Waals surface area contributed by atoms with Crippen LogP contribution in [0.15, 0.2) is 24.3 Å². The van der Waals surface area contributed by atoms with Gasteiger partial charge in [-0.05, 0) is 38.6 Å². The van der Waals surface area contributed by atoms with Gasteiger partial charge in [-0.3, -0.25) is 14.5 Å². The lowest BCUT2D eigenvalue weighted by molar-refractivity contribution is -0.117. The van der Waals surface area contributed by atoms with Gasteiger partial charge in [0.05, 0.1) is 18.5 Å². The molecule has 6 heteroatoms. The van der Waals surface area contributed by atoms with Crippen LogP contribution in [0.3, 0.4) is 0 Å². The molecule has 0 heterocycles. The van der Waals surface area contributed by atoms with Crippen LogP contribution in [0, 0.1) is 17.2 Å². The summed E-state index contributed by atoms with van der Waals surface area (Å²) in [6.45, 7) is 7.65. The van der Waals surface area contributed by atoms with E-state index in [1.165, 1.54) is 0 Å². The first-order valence-corrected chi connectivity index (χ1v) is 7.80. The first kappa shape index (κ1) is 18.7. The van der Waals surface area contributed by atoms with Crippen molar-refractivity contribution >= 4 is 17.5 Å². The SMILES string of the molecule is CCNC(=O)c1cccc(NC(=O)CN(CC)C[C@H](C)C#N)c1. The zero-order valence-electron chi connectivity index (χ0n) is 13.9. The van der Waals surface area contributed by atoms with E-state index >= 15 is 0 Å². The first-order valence-electron chi connectivity index (χ1n) is 7.80. The average Bonchev–Trinajstić information content (AvgIpc) is 2.54. The van der Waals surface area contributed by atoms with E-state index < -0.39 is 0 Å². The fraction of sp³-hybridized carbons (Fsp3) is 0.471. The third-order valence-corrected chi connectivity index (χ3v) is 3.31. The summed E-state index contributed by atoms with van der Waals surface area (Å²) in [7, 11) is 0. The smallest absolute Gasteiger partial charge is 0.251 e. The number of rotatable bonds is 8. The molecule has 0 unspecified atom stereocenters. The second kappa shape index (κ2) is 9.59. The van der Waals surface area contributed by atoms with Crippen molar-refractivity contribution in [3.8, 4) is 6.07 Å². The van der Waals surface area contributed by atoms with Gasteiger partial charge in [-0.1, -0.05) is 13.0 Å². The fourth-order valence-electron chi connectivity index (χ4n) is 2.14. The van der Waals surface area contributed by atoms with Crippen molar-refractivity contribution in [3.05, 3.63) is 29.8 Å². The van der Waals surface area contributed by atoms with E-state index in [1.54, 1.807) is 24.3 Å². The Kier molecular flexibility index (Phi) is 7.78. The third-order valence-electron chi connectivity index (χ3n) is 3.31. The monoisotopic (exact) mass is 316 g/mol. The van der Waals surface area contributed by atoms with E-state index in [9.17, 15) is 9.59 Å². The van der Waals surface area contributed by atoms with Crippen LogP contribution < -0.4 is 10.6 Å². The number of anilines is 1. The summed E-state index contributed by atoms with van der Waals surface area (Å²) in [6.07, 6.45) is 0. The number of hydrogen-bond donors (Lipinski definition) is 2. The molecule has 0 aliphatic heterocycles. The lowest BCUT2D eigenvalue weighted by atomic mass is 10.2. The highest BCUT2D eigenvalue weighted by Crippen LogP contribution is 2.11. The topological polar surface area (TPSA) is 85.2 Å². The van der Waals surface area contributed by atoms with Gasteiger partial charge in [-0.25, -0.2) is 0 Å². The van der Waals surface area contributed by atoms with Gasteiger partial charge in [0.1, 0.15) is 0 Å². The van der Waals surface area contributed by atoms with Crippen LogP contribution in [0.5, 0.6) is 0 Å². The van der Waals surface area contributed by atoms with E-state index in [0.717, 1.165) is 0 Å². The Hall–Kier alpha value is -2.39. The molecule has 0 aliphatic rings. The van der Waals surface area contributed by atoms with Gasteiger partial charge >= 0.3 is 0 Å². The van der Waals surface area contributed by atoms with Gasteiger partial charge in [0.25, 0.3) is 5.91 Å². The molecule has 2 amide bonds. The van der Waals surface area contributed by atoms with Crippen LogP contribution >= 0.6 is 0 Å². The number of hydrogen-bond acceptors (Lipinski definition) is 4. The molecule has 1 rings (SSSR count). The summed E-state index contributed by atoms with van der Waals surface area (Å²) >= 11 is 0. The molecule has 0 spiro atoms. The fourth-order valence-corrected chi connectivity index (χ4v) is 2.14. The maximum Gasteiger partial charge on any atom is 0.251 e. The molecule has 0 saturated heterocycles. The summed E-state index contributed by atoms with van der Waals surface area (Å²) in [6, 6.07) is 9.00. The lowest BCUT2D eigenvalue weighted by Crippen LogP contribution is -2.35. The van der Waals surface area contributed by atoms with Crippen LogP contribution in [0.25, 0.3) is 0 Å². The average molecular weight is 316 g/mol. The van der Waals surface area contributed by atoms with Crippen LogP contribution in [0.1, 0.15) is 31.1 Å². The van der Waals surface area contributed by atoms with Gasteiger partial charge in [-0.2, -0.15) is 5.26 Å². The molecule has 6 nitrogen and oxygen atoms in total. The van der Waals surface area contributed by atoms with Gasteiger partial charge in [0.2, 0.25) is 5.91 Å². The summed E-state index contributed by atoms with van der Waals surface area (Å²) < 4.78 is 0. The molecule has 0 fully saturated rings. The van der Waals surface area contributed by atoms with Crippen molar-refractivity contribution in [2.45, 2.75) is 20.8 Å². The second-order valence-electron chi connectivity index (χ2n) is 5.35. The van der Waals surface area contributed by atoms with Crippen LogP contribution in [0.4, 0.5) is 5.69 Å². The van der Waals surface area contributed by atoms with Crippen molar-refractivity contribution in [2.24, 2.45) is 5.92 Å². The van der Waals surface area contributed by atoms with Crippen molar-refractivity contribution in [1.29, 1.82) is 5.26 Å². The molecule has 23 heavy (non-hydrogen) atoms. The Morgan fingerprint density at radius 1 is 1.35 bits per heavy atom. The van der Waals surface area contributed by atoms with E-state index in [4.69, 9.17) is 5.26 Å². The number of nitrogens with zero attached hydrogens (tertiary/aromatic N) is 2. The number of carbonyl (C=O) groups is 2. The Bertz CT molecular complexity index is 580. The normalized spacial score (nSPS) is 11.6. The number of nitrogens with one attached hydrogen (secondary N) is 2. The Balaban J connectivity index is 2.65. The molecule has 0 aliphatic carbocycles. The highest BCUT2D eigenvalue weighted by Gasteiger charge is 2.13. The summed E-state index contributed by atoms with van der Waals surface area (Å²) in [5.41, 5.74) is 1.10. The van der Waals surface area contributed by atoms with Crippen molar-refractivity contribution < 1.29 is 9.59 Å². The second-order valence-corrected chi connectivity index (χ2v) is 5.35. The van der Waals surface area contributed by atoms with Gasteiger partial charge in [0, 0.05) is 24.3 Å². The molecule has 124 valence electrons. The van der Waals surface area contributed by atoms with Crippen LogP contribution in [-0.2, 0) is 4.79 Å². The minimum atomic E-state index is -0.165. The van der Waals surface area contributed by atoms with E-state index in [1.807, 2.05) is 25.7 Å². The molecule has 0 bridgehead atoms. The maximum absolute atomic E-state index is 12.1. The Morgan fingerprint density at radius 2 is 2.09 bits per heavy atom. The van der Waals surface area contributed by atoms with Crippen LogP contribution in [-0.4, -0.2) is 42.9 Å². The lowest BCUT2D eigenvalue weighted by Gasteiger charge is -2.20. The van der Waals surface area contributed by atoms with Crippen molar-refractivity contribution in [2.75, 3.05) is 31.5 Å². The molecule has 1 aromatic carbocycles. The largest absolute Gasteiger partial charge is 0.352 e. The number of benzene rings is 1. The zero-order valence-corrected chi connectivity index (χ0v) is 13.9. The van der Waals surface area contributed by atoms with Crippen molar-refractivity contribution in [3.63, 3.8) is 0 Å². The van der Waals surface area contributed by atoms with E-state index in [0.29, 0.717) is 30.9 Å². The summed E-state index contributed by atoms with van der Waals surface area (Å²) in [5.74, 6) is -0.449. The zero-order chi connectivity index (χ0) is 17.2. The molecule has 1 atom stereocenters. The summed E-state index contributed by atoms with van der Waals surface area (Å²) in [4.78, 5) is 25.8. The number of nitriles is 1. The molecule has 2 N–H and O–H groups in total. The molecule has 0 radical (unpaired) electrons. The predicted octanol–water partition coefficient (Wildman–Crippen LogP) is 1.86. The van der Waals surface area contributed by atoms with E-state index in [-0.39, 0.29) is 24.3 Å². The summed E-state index contributed by atoms with van der Waals surface area (Å²) in [5, 5.41) is 14.4. The van der Waals surface area contributed by atoms with Gasteiger partial charge in [0.15, 0.2) is 0 Å². The standard InChI is InChI=1S/C17H24N4O2/c1-4-19-17(23)14-7-6-8-15(9-14)20-16(22)12-21(5-2)11-13(3)10-18/h6-9,13H,4-5,11-12H2,1-3H3,(H,19,23)(H,20,22)/t13-/m1/s1. The molecular weight excluding hydrogens is 292 g/mol. The van der Waals surface area contributed by atoms with Crippen LogP contribution in [0.2, 0.25) is 0 Å². The maximum atomic E-state index is 12.1. The highest BCUT2D eigenvalue weighted by atomic mass is 16.2. The van der Waals surface area contributed by atoms with Gasteiger partial charge in [-0.15, -0.1) is 0 Å². The highest BCUT2D eigenvalue weighted by molar-refractivity contribution is 5.97. The molecule has 0 saturated carbocycles. The van der Waals surface area contributed by atoms with Gasteiger partial charge < -0.3 is 10.6 Å². The Morgan fingerprint density at radius 3 is 2.70 bits per heavy atom. The molecule has 1 aromatic rings.